The van der Waals surface area contributed by atoms with Gasteiger partial charge in [0.25, 0.3) is 5.56 Å². The minimum Gasteiger partial charge on any atom is -0.508 e. The molecule has 1 heterocycles. The second-order valence-electron chi connectivity index (χ2n) is 3.67. The molecule has 82 valence electrons. The molecule has 0 radical (unpaired) electrons. The van der Waals surface area contributed by atoms with Crippen LogP contribution in [0.5, 0.6) is 5.75 Å². The third-order valence-electron chi connectivity index (χ3n) is 2.54. The zero-order valence-electron chi connectivity index (χ0n) is 9.11. The molecule has 4 heteroatoms. The zero-order valence-corrected chi connectivity index (χ0v) is 9.11. The first-order chi connectivity index (χ1) is 7.58. The average molecular weight is 216 g/mol. The van der Waals surface area contributed by atoms with Gasteiger partial charge in [0.1, 0.15) is 11.6 Å². The molecule has 0 saturated carbocycles. The number of rotatable bonds is 1. The van der Waals surface area contributed by atoms with Gasteiger partial charge < -0.3 is 10.1 Å². The largest absolute Gasteiger partial charge is 0.508 e. The van der Waals surface area contributed by atoms with Crippen molar-refractivity contribution in [2.24, 2.45) is 0 Å². The van der Waals surface area contributed by atoms with Gasteiger partial charge in [-0.25, -0.2) is 4.98 Å². The molecule has 2 aromatic rings. The van der Waals surface area contributed by atoms with Crippen LogP contribution in [0.1, 0.15) is 11.3 Å². The summed E-state index contributed by atoms with van der Waals surface area (Å²) < 4.78 is 0. The van der Waals surface area contributed by atoms with Crippen molar-refractivity contribution in [2.45, 2.75) is 13.8 Å². The van der Waals surface area contributed by atoms with Gasteiger partial charge in [0, 0.05) is 16.8 Å². The fourth-order valence-corrected chi connectivity index (χ4v) is 1.40. The zero-order chi connectivity index (χ0) is 11.7. The normalized spacial score (nSPS) is 10.4. The maximum Gasteiger partial charge on any atom is 0.254 e. The number of aromatic nitrogens is 2. The Kier molecular flexibility index (Phi) is 2.48. The molecule has 0 saturated heterocycles. The molecule has 0 aliphatic rings. The smallest absolute Gasteiger partial charge is 0.254 e. The lowest BCUT2D eigenvalue weighted by Gasteiger charge is -2.04. The minimum atomic E-state index is -0.129. The van der Waals surface area contributed by atoms with Crippen molar-refractivity contribution in [1.82, 2.24) is 9.97 Å². The minimum absolute atomic E-state index is 0.129. The van der Waals surface area contributed by atoms with Gasteiger partial charge in [-0.1, -0.05) is 0 Å². The standard InChI is InChI=1S/C12H12N2O2/c1-7-8(2)13-11(14-12(7)16)9-3-5-10(15)6-4-9/h3-6,15H,1-2H3,(H,13,14,16). The van der Waals surface area contributed by atoms with Crippen LogP contribution in [0.3, 0.4) is 0 Å². The summed E-state index contributed by atoms with van der Waals surface area (Å²) in [5, 5.41) is 9.16. The quantitative estimate of drug-likeness (QED) is 0.763. The lowest BCUT2D eigenvalue weighted by Crippen LogP contribution is -2.14. The molecule has 0 bridgehead atoms. The summed E-state index contributed by atoms with van der Waals surface area (Å²) in [7, 11) is 0. The van der Waals surface area contributed by atoms with E-state index in [1.807, 2.05) is 0 Å². The molecule has 0 atom stereocenters. The summed E-state index contributed by atoms with van der Waals surface area (Å²) in [6, 6.07) is 6.54. The number of H-pyrrole nitrogens is 1. The predicted octanol–water partition coefficient (Wildman–Crippen LogP) is 1.76. The van der Waals surface area contributed by atoms with E-state index in [1.54, 1.807) is 38.1 Å². The van der Waals surface area contributed by atoms with Gasteiger partial charge in [-0.05, 0) is 38.1 Å². The summed E-state index contributed by atoms with van der Waals surface area (Å²) in [6.07, 6.45) is 0. The molecule has 1 aromatic heterocycles. The third kappa shape index (κ3) is 1.82. The second kappa shape index (κ2) is 3.81. The van der Waals surface area contributed by atoms with Gasteiger partial charge in [0.15, 0.2) is 0 Å². The predicted molar refractivity (Wildman–Crippen MR) is 61.4 cm³/mol. The molecule has 0 aliphatic carbocycles. The summed E-state index contributed by atoms with van der Waals surface area (Å²) in [4.78, 5) is 18.6. The van der Waals surface area contributed by atoms with Crippen molar-refractivity contribution in [1.29, 1.82) is 0 Å². The second-order valence-corrected chi connectivity index (χ2v) is 3.67. The first kappa shape index (κ1) is 10.4. The fraction of sp³-hybridized carbons (Fsp3) is 0.167. The van der Waals surface area contributed by atoms with Gasteiger partial charge in [-0.2, -0.15) is 0 Å². The fourth-order valence-electron chi connectivity index (χ4n) is 1.40. The number of nitrogens with zero attached hydrogens (tertiary/aromatic N) is 1. The lowest BCUT2D eigenvalue weighted by molar-refractivity contribution is 0.475. The Morgan fingerprint density at radius 3 is 2.38 bits per heavy atom. The van der Waals surface area contributed by atoms with Gasteiger partial charge >= 0.3 is 0 Å². The monoisotopic (exact) mass is 216 g/mol. The van der Waals surface area contributed by atoms with Crippen LogP contribution in [0, 0.1) is 13.8 Å². The van der Waals surface area contributed by atoms with Crippen LogP contribution in [0.4, 0.5) is 0 Å². The lowest BCUT2D eigenvalue weighted by atomic mass is 10.2. The number of phenolic OH excluding ortho intramolecular Hbond substituents is 1. The topological polar surface area (TPSA) is 66.0 Å². The van der Waals surface area contributed by atoms with E-state index < -0.39 is 0 Å². The number of hydrogen-bond donors (Lipinski definition) is 2. The van der Waals surface area contributed by atoms with Crippen LogP contribution in [0.15, 0.2) is 29.1 Å². The summed E-state index contributed by atoms with van der Waals surface area (Å²) >= 11 is 0. The average Bonchev–Trinajstić information content (AvgIpc) is 2.26. The molecule has 16 heavy (non-hydrogen) atoms. The van der Waals surface area contributed by atoms with Crippen LogP contribution >= 0.6 is 0 Å². The number of benzene rings is 1. The maximum atomic E-state index is 11.6. The van der Waals surface area contributed by atoms with E-state index in [1.165, 1.54) is 0 Å². The molecule has 0 fully saturated rings. The van der Waals surface area contributed by atoms with Crippen molar-refractivity contribution in [3.05, 3.63) is 45.9 Å². The number of hydrogen-bond acceptors (Lipinski definition) is 3. The van der Waals surface area contributed by atoms with Gasteiger partial charge in [0.2, 0.25) is 0 Å². The van der Waals surface area contributed by atoms with Gasteiger partial charge in [-0.15, -0.1) is 0 Å². The number of aromatic amines is 1. The third-order valence-corrected chi connectivity index (χ3v) is 2.54. The SMILES string of the molecule is Cc1nc(-c2ccc(O)cc2)[nH]c(=O)c1C. The Morgan fingerprint density at radius 1 is 1.19 bits per heavy atom. The number of aryl methyl sites for hydroxylation is 1. The highest BCUT2D eigenvalue weighted by molar-refractivity contribution is 5.56. The Labute approximate surface area is 92.6 Å². The molecule has 0 aliphatic heterocycles. The van der Waals surface area contributed by atoms with Crippen LogP contribution in [-0.4, -0.2) is 15.1 Å². The highest BCUT2D eigenvalue weighted by Gasteiger charge is 2.05. The highest BCUT2D eigenvalue weighted by atomic mass is 16.3. The van der Waals surface area contributed by atoms with E-state index in [0.29, 0.717) is 17.1 Å². The van der Waals surface area contributed by atoms with Crippen molar-refractivity contribution in [2.75, 3.05) is 0 Å². The van der Waals surface area contributed by atoms with E-state index >= 15 is 0 Å². The van der Waals surface area contributed by atoms with Crippen molar-refractivity contribution < 1.29 is 5.11 Å². The first-order valence-electron chi connectivity index (χ1n) is 4.95. The summed E-state index contributed by atoms with van der Waals surface area (Å²) in [5.41, 5.74) is 1.99. The Hall–Kier alpha value is -2.10. The van der Waals surface area contributed by atoms with Crippen LogP contribution < -0.4 is 5.56 Å². The van der Waals surface area contributed by atoms with E-state index in [9.17, 15) is 4.79 Å². The molecular formula is C12H12N2O2. The first-order valence-corrected chi connectivity index (χ1v) is 4.95. The Morgan fingerprint density at radius 2 is 1.81 bits per heavy atom. The Bertz CT molecular complexity index is 571. The maximum absolute atomic E-state index is 11.6. The van der Waals surface area contributed by atoms with Crippen LogP contribution in [0.25, 0.3) is 11.4 Å². The van der Waals surface area contributed by atoms with Gasteiger partial charge in [-0.3, -0.25) is 4.79 Å². The summed E-state index contributed by atoms with van der Waals surface area (Å²) in [5.74, 6) is 0.711. The molecule has 0 spiro atoms. The highest BCUT2D eigenvalue weighted by Crippen LogP contribution is 2.17. The van der Waals surface area contributed by atoms with E-state index in [2.05, 4.69) is 9.97 Å². The number of phenols is 1. The van der Waals surface area contributed by atoms with E-state index in [-0.39, 0.29) is 11.3 Å². The molecule has 2 N–H and O–H groups in total. The van der Waals surface area contributed by atoms with Crippen molar-refractivity contribution >= 4 is 0 Å². The number of nitrogens with one attached hydrogen (secondary N) is 1. The van der Waals surface area contributed by atoms with E-state index in [0.717, 1.165) is 5.56 Å². The van der Waals surface area contributed by atoms with Crippen molar-refractivity contribution in [3.63, 3.8) is 0 Å². The van der Waals surface area contributed by atoms with Crippen LogP contribution in [-0.2, 0) is 0 Å². The van der Waals surface area contributed by atoms with Gasteiger partial charge in [0.05, 0.1) is 0 Å². The summed E-state index contributed by atoms with van der Waals surface area (Å²) in [6.45, 7) is 3.54. The molecule has 0 amide bonds. The molecule has 1 aromatic carbocycles. The Balaban J connectivity index is 2.57. The molecule has 0 unspecified atom stereocenters. The number of aromatic hydroxyl groups is 1. The molecule has 4 nitrogen and oxygen atoms in total. The van der Waals surface area contributed by atoms with E-state index in [4.69, 9.17) is 5.11 Å². The molecular weight excluding hydrogens is 204 g/mol. The van der Waals surface area contributed by atoms with Crippen molar-refractivity contribution in [3.8, 4) is 17.1 Å². The van der Waals surface area contributed by atoms with Crippen LogP contribution in [0.2, 0.25) is 0 Å². The molecule has 2 rings (SSSR count).